The summed E-state index contributed by atoms with van der Waals surface area (Å²) < 4.78 is 6.11. The van der Waals surface area contributed by atoms with Crippen LogP contribution in [-0.4, -0.2) is 50.4 Å². The first-order chi connectivity index (χ1) is 14.7. The molecular formula is C22H24N6S2. The molecule has 0 bridgehead atoms. The molecule has 0 atom stereocenters. The van der Waals surface area contributed by atoms with E-state index < -0.39 is 0 Å². The molecule has 3 heterocycles. The Balaban J connectivity index is 1.24. The molecule has 0 aliphatic carbocycles. The van der Waals surface area contributed by atoms with Crippen molar-refractivity contribution in [3.05, 3.63) is 70.8 Å². The lowest BCUT2D eigenvalue weighted by Gasteiger charge is -2.34. The number of rotatable bonds is 5. The minimum Gasteiger partial charge on any atom is -0.345 e. The van der Waals surface area contributed by atoms with Crippen molar-refractivity contribution < 1.29 is 0 Å². The van der Waals surface area contributed by atoms with Crippen LogP contribution >= 0.6 is 23.6 Å². The molecule has 0 spiro atoms. The fraction of sp³-hybridized carbons (Fsp3) is 0.318. The molecule has 0 radical (unpaired) electrons. The Hall–Kier alpha value is -2.55. The van der Waals surface area contributed by atoms with E-state index in [0.717, 1.165) is 60.6 Å². The van der Waals surface area contributed by atoms with Gasteiger partial charge in [0.25, 0.3) is 0 Å². The van der Waals surface area contributed by atoms with Gasteiger partial charge in [0.15, 0.2) is 9.90 Å². The Kier molecular flexibility index (Phi) is 5.37. The maximum atomic E-state index is 5.74. The van der Waals surface area contributed by atoms with Crippen molar-refractivity contribution >= 4 is 38.9 Å². The lowest BCUT2D eigenvalue weighted by Crippen LogP contribution is -2.47. The van der Waals surface area contributed by atoms with Crippen molar-refractivity contribution in [2.45, 2.75) is 20.1 Å². The normalized spacial score (nSPS) is 15.2. The molecule has 8 heteroatoms. The van der Waals surface area contributed by atoms with Gasteiger partial charge in [-0.1, -0.05) is 53.8 Å². The molecule has 154 valence electrons. The summed E-state index contributed by atoms with van der Waals surface area (Å²) in [7, 11) is 0. The third-order valence-corrected chi connectivity index (χ3v) is 7.08. The lowest BCUT2D eigenvalue weighted by atomic mass is 10.2. The molecule has 0 amide bonds. The van der Waals surface area contributed by atoms with Gasteiger partial charge >= 0.3 is 0 Å². The van der Waals surface area contributed by atoms with E-state index in [0.29, 0.717) is 0 Å². The Morgan fingerprint density at radius 2 is 1.70 bits per heavy atom. The van der Waals surface area contributed by atoms with E-state index in [1.165, 1.54) is 10.3 Å². The SMILES string of the molecule is Cc1nn(CN2CCN(c3nc4ccccc4s3)CC2)c(=S)n1Cc1ccccc1. The molecule has 1 aliphatic heterocycles. The van der Waals surface area contributed by atoms with Crippen LogP contribution in [0.3, 0.4) is 0 Å². The molecule has 0 unspecified atom stereocenters. The highest BCUT2D eigenvalue weighted by Crippen LogP contribution is 2.29. The van der Waals surface area contributed by atoms with E-state index in [4.69, 9.17) is 22.3 Å². The fourth-order valence-corrected chi connectivity index (χ4v) is 5.17. The maximum absolute atomic E-state index is 5.74. The molecule has 2 aromatic carbocycles. The van der Waals surface area contributed by atoms with E-state index in [-0.39, 0.29) is 0 Å². The van der Waals surface area contributed by atoms with Crippen LogP contribution in [0.25, 0.3) is 10.2 Å². The quantitative estimate of drug-likeness (QED) is 0.440. The molecule has 1 fully saturated rings. The number of piperazine rings is 1. The molecule has 0 N–H and O–H groups in total. The fourth-order valence-electron chi connectivity index (χ4n) is 3.85. The third kappa shape index (κ3) is 3.90. The Bertz CT molecular complexity index is 1170. The van der Waals surface area contributed by atoms with Crippen molar-refractivity contribution in [3.8, 4) is 0 Å². The summed E-state index contributed by atoms with van der Waals surface area (Å²) in [5.41, 5.74) is 2.33. The Morgan fingerprint density at radius 3 is 2.47 bits per heavy atom. The van der Waals surface area contributed by atoms with Gasteiger partial charge in [-0.25, -0.2) is 9.67 Å². The average Bonchev–Trinajstić information content (AvgIpc) is 3.32. The third-order valence-electron chi connectivity index (χ3n) is 5.55. The van der Waals surface area contributed by atoms with Gasteiger partial charge in [0.1, 0.15) is 5.82 Å². The van der Waals surface area contributed by atoms with Crippen LogP contribution in [0.2, 0.25) is 0 Å². The van der Waals surface area contributed by atoms with Crippen molar-refractivity contribution in [1.82, 2.24) is 24.2 Å². The van der Waals surface area contributed by atoms with Crippen molar-refractivity contribution in [3.63, 3.8) is 0 Å². The van der Waals surface area contributed by atoms with Gasteiger partial charge in [0.05, 0.1) is 23.4 Å². The average molecular weight is 437 g/mol. The van der Waals surface area contributed by atoms with Gasteiger partial charge in [-0.05, 0) is 36.8 Å². The largest absolute Gasteiger partial charge is 0.345 e. The summed E-state index contributed by atoms with van der Waals surface area (Å²) in [5.74, 6) is 0.956. The Morgan fingerprint density at radius 1 is 0.967 bits per heavy atom. The highest BCUT2D eigenvalue weighted by Gasteiger charge is 2.21. The number of para-hydroxylation sites is 1. The van der Waals surface area contributed by atoms with Crippen LogP contribution in [0.4, 0.5) is 5.13 Å². The van der Waals surface area contributed by atoms with Gasteiger partial charge in [-0.3, -0.25) is 9.47 Å². The number of anilines is 1. The Labute approximate surface area is 185 Å². The highest BCUT2D eigenvalue weighted by molar-refractivity contribution is 7.71. The first-order valence-electron chi connectivity index (χ1n) is 10.2. The monoisotopic (exact) mass is 436 g/mol. The maximum Gasteiger partial charge on any atom is 0.199 e. The van der Waals surface area contributed by atoms with Crippen molar-refractivity contribution in [2.75, 3.05) is 31.1 Å². The summed E-state index contributed by atoms with van der Waals surface area (Å²) in [5, 5.41) is 5.84. The van der Waals surface area contributed by atoms with Crippen LogP contribution < -0.4 is 4.90 Å². The predicted molar refractivity (Wildman–Crippen MR) is 125 cm³/mol. The smallest absolute Gasteiger partial charge is 0.199 e. The van der Waals surface area contributed by atoms with E-state index in [2.05, 4.69) is 56.8 Å². The predicted octanol–water partition coefficient (Wildman–Crippen LogP) is 4.16. The standard InChI is InChI=1S/C22H24N6S2/c1-17-24-28(22(29)27(17)15-18-7-3-2-4-8-18)16-25-11-13-26(14-12-25)21-23-19-9-5-6-10-20(19)30-21/h2-10H,11-16H2,1H3. The molecule has 30 heavy (non-hydrogen) atoms. The number of aromatic nitrogens is 4. The number of aryl methyl sites for hydroxylation is 1. The zero-order chi connectivity index (χ0) is 20.5. The topological polar surface area (TPSA) is 42.1 Å². The van der Waals surface area contributed by atoms with Crippen LogP contribution in [0, 0.1) is 11.7 Å². The van der Waals surface area contributed by atoms with Crippen LogP contribution in [0.5, 0.6) is 0 Å². The molecule has 0 saturated carbocycles. The van der Waals surface area contributed by atoms with Crippen molar-refractivity contribution in [1.29, 1.82) is 0 Å². The summed E-state index contributed by atoms with van der Waals surface area (Å²) in [6.45, 7) is 7.41. The van der Waals surface area contributed by atoms with Gasteiger partial charge in [-0.15, -0.1) is 0 Å². The van der Waals surface area contributed by atoms with E-state index in [9.17, 15) is 0 Å². The molecule has 6 nitrogen and oxygen atoms in total. The number of fused-ring (bicyclic) bond motifs is 1. The van der Waals surface area contributed by atoms with E-state index in [1.54, 1.807) is 11.3 Å². The minimum atomic E-state index is 0.731. The second-order valence-corrected chi connectivity index (χ2v) is 8.99. The summed E-state index contributed by atoms with van der Waals surface area (Å²) in [4.78, 5) is 9.61. The first-order valence-corrected chi connectivity index (χ1v) is 11.4. The lowest BCUT2D eigenvalue weighted by molar-refractivity contribution is 0.194. The molecule has 1 saturated heterocycles. The molecule has 4 aromatic rings. The number of thiazole rings is 1. The second kappa shape index (κ2) is 8.29. The zero-order valence-electron chi connectivity index (χ0n) is 16.9. The second-order valence-electron chi connectivity index (χ2n) is 7.61. The first kappa shape index (κ1) is 19.4. The van der Waals surface area contributed by atoms with Crippen LogP contribution in [0.15, 0.2) is 54.6 Å². The van der Waals surface area contributed by atoms with Gasteiger partial charge in [0, 0.05) is 26.2 Å². The molecule has 2 aromatic heterocycles. The molecule has 5 rings (SSSR count). The van der Waals surface area contributed by atoms with Crippen LogP contribution in [0.1, 0.15) is 11.4 Å². The number of benzene rings is 2. The highest BCUT2D eigenvalue weighted by atomic mass is 32.1. The van der Waals surface area contributed by atoms with Crippen molar-refractivity contribution in [2.24, 2.45) is 0 Å². The summed E-state index contributed by atoms with van der Waals surface area (Å²) >= 11 is 7.51. The number of hydrogen-bond donors (Lipinski definition) is 0. The molecular weight excluding hydrogens is 412 g/mol. The van der Waals surface area contributed by atoms with Gasteiger partial charge in [-0.2, -0.15) is 5.10 Å². The number of nitrogens with zero attached hydrogens (tertiary/aromatic N) is 6. The van der Waals surface area contributed by atoms with E-state index >= 15 is 0 Å². The van der Waals surface area contributed by atoms with Gasteiger partial charge < -0.3 is 4.90 Å². The van der Waals surface area contributed by atoms with Gasteiger partial charge in [0.2, 0.25) is 0 Å². The van der Waals surface area contributed by atoms with E-state index in [1.807, 2.05) is 23.7 Å². The summed E-state index contributed by atoms with van der Waals surface area (Å²) in [6, 6.07) is 18.8. The van der Waals surface area contributed by atoms with Crippen LogP contribution in [-0.2, 0) is 13.2 Å². The molecule has 1 aliphatic rings. The summed E-state index contributed by atoms with van der Waals surface area (Å²) in [6.07, 6.45) is 0. The minimum absolute atomic E-state index is 0.731. The number of hydrogen-bond acceptors (Lipinski definition) is 6. The zero-order valence-corrected chi connectivity index (χ0v) is 18.6.